The van der Waals surface area contributed by atoms with E-state index in [2.05, 4.69) is 4.98 Å². The predicted molar refractivity (Wildman–Crippen MR) is 66.3 cm³/mol. The number of aromatic nitrogens is 2. The second-order valence-corrected chi connectivity index (χ2v) is 4.16. The summed E-state index contributed by atoms with van der Waals surface area (Å²) in [6.07, 6.45) is 2.12. The largest absolute Gasteiger partial charge is 0.461 e. The summed E-state index contributed by atoms with van der Waals surface area (Å²) in [6, 6.07) is 1.72. The van der Waals surface area contributed by atoms with Gasteiger partial charge in [0.25, 0.3) is 0 Å². The number of aldehydes is 1. The third-order valence-electron chi connectivity index (χ3n) is 2.49. The van der Waals surface area contributed by atoms with Crippen LogP contribution >= 0.6 is 11.6 Å². The Morgan fingerprint density at radius 2 is 2.33 bits per heavy atom. The quantitative estimate of drug-likeness (QED) is 0.632. The summed E-state index contributed by atoms with van der Waals surface area (Å²) in [4.78, 5) is 27.0. The minimum Gasteiger partial charge on any atom is -0.461 e. The molecule has 2 aromatic rings. The fourth-order valence-electron chi connectivity index (χ4n) is 1.75. The molecule has 0 amide bonds. The molecule has 0 aromatic carbocycles. The Labute approximate surface area is 108 Å². The number of ether oxygens (including phenoxy) is 1. The third-order valence-corrected chi connectivity index (χ3v) is 2.69. The van der Waals surface area contributed by atoms with Crippen molar-refractivity contribution in [2.45, 2.75) is 13.8 Å². The van der Waals surface area contributed by atoms with Crippen molar-refractivity contribution in [2.24, 2.45) is 0 Å². The van der Waals surface area contributed by atoms with Crippen LogP contribution in [0.4, 0.5) is 0 Å². The second kappa shape index (κ2) is 4.78. The minimum atomic E-state index is -0.612. The summed E-state index contributed by atoms with van der Waals surface area (Å²) in [7, 11) is 0. The van der Waals surface area contributed by atoms with Gasteiger partial charge in [-0.15, -0.1) is 0 Å². The van der Waals surface area contributed by atoms with Crippen LogP contribution in [0.25, 0.3) is 5.65 Å². The molecular formula is C12H11ClN2O3. The van der Waals surface area contributed by atoms with Crippen LogP contribution in [0.2, 0.25) is 5.02 Å². The fraction of sp³-hybridized carbons (Fsp3) is 0.250. The highest BCUT2D eigenvalue weighted by molar-refractivity contribution is 6.30. The van der Waals surface area contributed by atoms with E-state index in [1.54, 1.807) is 26.1 Å². The lowest BCUT2D eigenvalue weighted by molar-refractivity contribution is 0.0518. The van der Waals surface area contributed by atoms with Gasteiger partial charge in [0.1, 0.15) is 11.3 Å². The Kier molecular flexibility index (Phi) is 3.34. The molecule has 0 aliphatic heterocycles. The van der Waals surface area contributed by atoms with Crippen molar-refractivity contribution in [3.63, 3.8) is 0 Å². The van der Waals surface area contributed by atoms with Crippen LogP contribution < -0.4 is 0 Å². The van der Waals surface area contributed by atoms with Crippen LogP contribution in [-0.4, -0.2) is 28.2 Å². The Hall–Kier alpha value is -1.88. The molecule has 0 saturated carbocycles. The average Bonchev–Trinajstić information content (AvgIpc) is 2.68. The van der Waals surface area contributed by atoms with Crippen LogP contribution in [0.3, 0.4) is 0 Å². The Morgan fingerprint density at radius 1 is 1.61 bits per heavy atom. The van der Waals surface area contributed by atoms with Gasteiger partial charge in [0.2, 0.25) is 0 Å². The van der Waals surface area contributed by atoms with Gasteiger partial charge in [-0.25, -0.2) is 9.78 Å². The maximum atomic E-state index is 11.7. The van der Waals surface area contributed by atoms with E-state index >= 15 is 0 Å². The van der Waals surface area contributed by atoms with Crippen molar-refractivity contribution in [2.75, 3.05) is 6.61 Å². The van der Waals surface area contributed by atoms with Crippen molar-refractivity contribution >= 4 is 29.5 Å². The van der Waals surface area contributed by atoms with Gasteiger partial charge in [0.05, 0.1) is 11.6 Å². The van der Waals surface area contributed by atoms with E-state index in [-0.39, 0.29) is 18.0 Å². The van der Waals surface area contributed by atoms with E-state index in [9.17, 15) is 9.59 Å². The summed E-state index contributed by atoms with van der Waals surface area (Å²) in [6.45, 7) is 3.72. The van der Waals surface area contributed by atoms with Gasteiger partial charge in [-0.05, 0) is 25.5 Å². The molecule has 0 saturated heterocycles. The van der Waals surface area contributed by atoms with Gasteiger partial charge in [-0.3, -0.25) is 9.20 Å². The predicted octanol–water partition coefficient (Wildman–Crippen LogP) is 2.29. The molecule has 2 aromatic heterocycles. The van der Waals surface area contributed by atoms with Crippen LogP contribution in [0, 0.1) is 6.92 Å². The van der Waals surface area contributed by atoms with Crippen molar-refractivity contribution in [3.8, 4) is 0 Å². The fourth-order valence-corrected chi connectivity index (χ4v) is 2.01. The highest BCUT2D eigenvalue weighted by Gasteiger charge is 2.20. The van der Waals surface area contributed by atoms with E-state index in [1.165, 1.54) is 4.40 Å². The molecular weight excluding hydrogens is 256 g/mol. The zero-order valence-corrected chi connectivity index (χ0v) is 10.7. The van der Waals surface area contributed by atoms with Crippen molar-refractivity contribution in [3.05, 3.63) is 34.2 Å². The van der Waals surface area contributed by atoms with Gasteiger partial charge >= 0.3 is 5.97 Å². The summed E-state index contributed by atoms with van der Waals surface area (Å²) in [5.41, 5.74) is 1.46. The van der Waals surface area contributed by atoms with Crippen molar-refractivity contribution in [1.29, 1.82) is 0 Å². The third kappa shape index (κ3) is 1.97. The summed E-state index contributed by atoms with van der Waals surface area (Å²) >= 11 is 5.92. The normalized spacial score (nSPS) is 10.6. The number of rotatable bonds is 3. The molecule has 18 heavy (non-hydrogen) atoms. The number of fused-ring (bicyclic) bond motifs is 1. The molecule has 0 radical (unpaired) electrons. The molecule has 0 aliphatic carbocycles. The summed E-state index contributed by atoms with van der Waals surface area (Å²) in [5, 5.41) is 0.468. The van der Waals surface area contributed by atoms with E-state index in [0.29, 0.717) is 17.0 Å². The SMILES string of the molecule is CCOC(=O)c1nc2c(C)cc(Cl)cn2c1C=O. The van der Waals surface area contributed by atoms with Crippen LogP contribution in [0.1, 0.15) is 33.5 Å². The van der Waals surface area contributed by atoms with E-state index in [4.69, 9.17) is 16.3 Å². The van der Waals surface area contributed by atoms with E-state index in [1.807, 2.05) is 0 Å². The molecule has 5 nitrogen and oxygen atoms in total. The topological polar surface area (TPSA) is 60.7 Å². The van der Waals surface area contributed by atoms with Gasteiger partial charge in [0.15, 0.2) is 12.0 Å². The lowest BCUT2D eigenvalue weighted by Gasteiger charge is -2.00. The number of hydrogen-bond acceptors (Lipinski definition) is 4. The molecule has 0 N–H and O–H groups in total. The number of aryl methyl sites for hydroxylation is 1. The molecule has 0 atom stereocenters. The van der Waals surface area contributed by atoms with Crippen LogP contribution in [0.15, 0.2) is 12.3 Å². The number of halogens is 1. The van der Waals surface area contributed by atoms with E-state index < -0.39 is 5.97 Å². The molecule has 2 heterocycles. The second-order valence-electron chi connectivity index (χ2n) is 3.72. The smallest absolute Gasteiger partial charge is 0.359 e. The summed E-state index contributed by atoms with van der Waals surface area (Å²) < 4.78 is 6.36. The molecule has 0 unspecified atom stereocenters. The van der Waals surface area contributed by atoms with Crippen molar-refractivity contribution < 1.29 is 14.3 Å². The van der Waals surface area contributed by atoms with Gasteiger partial charge < -0.3 is 4.74 Å². The number of pyridine rings is 1. The first-order valence-corrected chi connectivity index (χ1v) is 5.76. The molecule has 2 rings (SSSR count). The molecule has 0 spiro atoms. The first kappa shape index (κ1) is 12.6. The number of esters is 1. The number of imidazole rings is 1. The van der Waals surface area contributed by atoms with Gasteiger partial charge in [-0.2, -0.15) is 0 Å². The number of carbonyl (C=O) groups is 2. The lowest BCUT2D eigenvalue weighted by atomic mass is 10.3. The number of nitrogens with zero attached hydrogens (tertiary/aromatic N) is 2. The monoisotopic (exact) mass is 266 g/mol. The zero-order valence-electron chi connectivity index (χ0n) is 9.94. The Bertz CT molecular complexity index is 634. The van der Waals surface area contributed by atoms with E-state index in [0.717, 1.165) is 5.56 Å². The van der Waals surface area contributed by atoms with Crippen LogP contribution in [0.5, 0.6) is 0 Å². The first-order valence-electron chi connectivity index (χ1n) is 5.39. The zero-order chi connectivity index (χ0) is 13.3. The number of carbonyl (C=O) groups excluding carboxylic acids is 2. The highest BCUT2D eigenvalue weighted by atomic mass is 35.5. The Morgan fingerprint density at radius 3 is 2.94 bits per heavy atom. The minimum absolute atomic E-state index is 0.0113. The maximum Gasteiger partial charge on any atom is 0.359 e. The standard InChI is InChI=1S/C12H11ClN2O3/c1-3-18-12(17)10-9(6-16)15-5-8(13)4-7(2)11(15)14-10/h4-6H,3H2,1-2H3. The maximum absolute atomic E-state index is 11.7. The first-order chi connectivity index (χ1) is 8.58. The van der Waals surface area contributed by atoms with Crippen LogP contribution in [-0.2, 0) is 4.74 Å². The number of hydrogen-bond donors (Lipinski definition) is 0. The van der Waals surface area contributed by atoms with Gasteiger partial charge in [0, 0.05) is 6.20 Å². The van der Waals surface area contributed by atoms with Crippen molar-refractivity contribution in [1.82, 2.24) is 9.38 Å². The molecule has 0 aliphatic rings. The Balaban J connectivity index is 2.72. The molecule has 0 fully saturated rings. The van der Waals surface area contributed by atoms with Gasteiger partial charge in [-0.1, -0.05) is 11.6 Å². The highest BCUT2D eigenvalue weighted by Crippen LogP contribution is 2.20. The molecule has 0 bridgehead atoms. The summed E-state index contributed by atoms with van der Waals surface area (Å²) in [5.74, 6) is -0.612. The lowest BCUT2D eigenvalue weighted by Crippen LogP contribution is -2.08. The molecule has 6 heteroatoms. The molecule has 94 valence electrons. The average molecular weight is 267 g/mol.